The third kappa shape index (κ3) is 6.18. The van der Waals surface area contributed by atoms with Gasteiger partial charge in [0.25, 0.3) is 10.1 Å². The molecule has 0 bridgehead atoms. The Labute approximate surface area is 166 Å². The molecule has 0 aliphatic carbocycles. The van der Waals surface area contributed by atoms with Crippen LogP contribution in [0.15, 0.2) is 29.2 Å². The highest BCUT2D eigenvalue weighted by atomic mass is 32.2. The van der Waals surface area contributed by atoms with Crippen LogP contribution < -0.4 is 0 Å². The number of hydrogen-bond donors (Lipinski definition) is 0. The van der Waals surface area contributed by atoms with Crippen LogP contribution >= 0.6 is 0 Å². The van der Waals surface area contributed by atoms with Crippen molar-refractivity contribution in [2.24, 2.45) is 0 Å². The number of nitrogens with zero attached hydrogens (tertiary/aromatic N) is 1. The summed E-state index contributed by atoms with van der Waals surface area (Å²) in [4.78, 5) is 13.6. The third-order valence-corrected chi connectivity index (χ3v) is 7.70. The number of carbonyl (C=O) groups is 1. The fraction of sp³-hybridized carbons (Fsp3) is 0.611. The molecule has 1 saturated heterocycles. The first-order valence-electron chi connectivity index (χ1n) is 8.96. The van der Waals surface area contributed by atoms with Crippen molar-refractivity contribution < 1.29 is 30.6 Å². The minimum Gasteiger partial charge on any atom is -0.444 e. The molecule has 1 fully saturated rings. The summed E-state index contributed by atoms with van der Waals surface area (Å²) in [5.74, 6) is -0.193. The van der Waals surface area contributed by atoms with Crippen LogP contribution in [0.2, 0.25) is 0 Å². The smallest absolute Gasteiger partial charge is 0.410 e. The molecule has 1 aromatic carbocycles. The summed E-state index contributed by atoms with van der Waals surface area (Å²) in [6.45, 7) is 6.73. The van der Waals surface area contributed by atoms with E-state index in [0.717, 1.165) is 5.56 Å². The van der Waals surface area contributed by atoms with Gasteiger partial charge in [-0.2, -0.15) is 8.42 Å². The van der Waals surface area contributed by atoms with Gasteiger partial charge in [0.1, 0.15) is 5.60 Å². The maximum absolute atomic E-state index is 12.3. The van der Waals surface area contributed by atoms with Crippen molar-refractivity contribution in [1.82, 2.24) is 4.90 Å². The minimum atomic E-state index is -3.97. The maximum atomic E-state index is 12.3. The van der Waals surface area contributed by atoms with Gasteiger partial charge in [0.05, 0.1) is 22.5 Å². The molecule has 0 saturated carbocycles. The maximum Gasteiger partial charge on any atom is 0.410 e. The van der Waals surface area contributed by atoms with Gasteiger partial charge >= 0.3 is 6.09 Å². The summed E-state index contributed by atoms with van der Waals surface area (Å²) < 4.78 is 59.4. The van der Waals surface area contributed by atoms with Crippen molar-refractivity contribution in [2.45, 2.75) is 49.9 Å². The van der Waals surface area contributed by atoms with Crippen molar-refractivity contribution >= 4 is 26.0 Å². The number of amides is 1. The highest BCUT2D eigenvalue weighted by Crippen LogP contribution is 2.20. The van der Waals surface area contributed by atoms with Gasteiger partial charge in [0, 0.05) is 13.1 Å². The zero-order valence-electron chi connectivity index (χ0n) is 16.5. The average molecular weight is 434 g/mol. The van der Waals surface area contributed by atoms with Gasteiger partial charge in [-0.1, -0.05) is 17.7 Å². The van der Waals surface area contributed by atoms with E-state index in [1.165, 1.54) is 17.0 Å². The van der Waals surface area contributed by atoms with Crippen LogP contribution in [0.3, 0.4) is 0 Å². The molecule has 158 valence electrons. The molecule has 1 atom stereocenters. The molecule has 1 aliphatic rings. The largest absolute Gasteiger partial charge is 0.444 e. The predicted octanol–water partition coefficient (Wildman–Crippen LogP) is 2.12. The van der Waals surface area contributed by atoms with E-state index in [2.05, 4.69) is 0 Å². The van der Waals surface area contributed by atoms with Gasteiger partial charge in [-0.3, -0.25) is 4.18 Å². The van der Waals surface area contributed by atoms with Crippen molar-refractivity contribution in [2.75, 3.05) is 25.4 Å². The van der Waals surface area contributed by atoms with E-state index in [1.54, 1.807) is 32.9 Å². The van der Waals surface area contributed by atoms with Crippen LogP contribution in [-0.4, -0.2) is 64.1 Å². The number of rotatable bonds is 5. The van der Waals surface area contributed by atoms with Crippen LogP contribution in [0.4, 0.5) is 4.79 Å². The van der Waals surface area contributed by atoms with Gasteiger partial charge in [-0.25, -0.2) is 13.2 Å². The lowest BCUT2D eigenvalue weighted by Gasteiger charge is -2.33. The van der Waals surface area contributed by atoms with E-state index in [0.29, 0.717) is 0 Å². The minimum absolute atomic E-state index is 0.0139. The topological polar surface area (TPSA) is 107 Å². The summed E-state index contributed by atoms with van der Waals surface area (Å²) in [6, 6.07) is 6.18. The lowest BCUT2D eigenvalue weighted by Crippen LogP contribution is -2.50. The second kappa shape index (κ2) is 8.38. The third-order valence-electron chi connectivity index (χ3n) is 4.22. The fourth-order valence-electron chi connectivity index (χ4n) is 2.68. The predicted molar refractivity (Wildman–Crippen MR) is 104 cm³/mol. The summed E-state index contributed by atoms with van der Waals surface area (Å²) in [6.07, 6.45) is -0.618. The van der Waals surface area contributed by atoms with Gasteiger partial charge in [0.2, 0.25) is 0 Å². The van der Waals surface area contributed by atoms with Crippen LogP contribution in [0.25, 0.3) is 0 Å². The van der Waals surface area contributed by atoms with Gasteiger partial charge in [0.15, 0.2) is 9.84 Å². The second-order valence-electron chi connectivity index (χ2n) is 7.79. The fourth-order valence-corrected chi connectivity index (χ4v) is 5.27. The number of carbonyl (C=O) groups excluding carboxylic acids is 1. The Morgan fingerprint density at radius 1 is 1.21 bits per heavy atom. The highest BCUT2D eigenvalue weighted by molar-refractivity contribution is 7.92. The molecule has 2 rings (SSSR count). The average Bonchev–Trinajstić information content (AvgIpc) is 2.55. The number of ether oxygens (including phenoxy) is 1. The molecule has 1 aromatic rings. The van der Waals surface area contributed by atoms with E-state index in [4.69, 9.17) is 8.92 Å². The number of sulfone groups is 1. The normalized spacial score (nSPS) is 20.0. The van der Waals surface area contributed by atoms with Crippen LogP contribution in [0.1, 0.15) is 32.8 Å². The zero-order chi connectivity index (χ0) is 21.2. The first-order chi connectivity index (χ1) is 12.8. The Balaban J connectivity index is 1.99. The van der Waals surface area contributed by atoms with Crippen LogP contribution in [-0.2, 0) is 28.9 Å². The summed E-state index contributed by atoms with van der Waals surface area (Å²) in [7, 11) is -7.41. The molecular weight excluding hydrogens is 406 g/mol. The van der Waals surface area contributed by atoms with Crippen molar-refractivity contribution in [3.63, 3.8) is 0 Å². The Bertz CT molecular complexity index is 900. The highest BCUT2D eigenvalue weighted by Gasteiger charge is 2.36. The number of benzene rings is 1. The van der Waals surface area contributed by atoms with Crippen LogP contribution in [0, 0.1) is 6.92 Å². The molecule has 0 spiro atoms. The lowest BCUT2D eigenvalue weighted by molar-refractivity contribution is 0.0250. The Kier molecular flexibility index (Phi) is 6.78. The molecule has 28 heavy (non-hydrogen) atoms. The number of aryl methyl sites for hydroxylation is 1. The van der Waals surface area contributed by atoms with E-state index < -0.39 is 36.9 Å². The second-order valence-corrected chi connectivity index (χ2v) is 11.8. The molecular formula is C18H27NO7S2. The molecule has 0 unspecified atom stereocenters. The molecule has 0 aromatic heterocycles. The van der Waals surface area contributed by atoms with E-state index in [9.17, 15) is 21.6 Å². The van der Waals surface area contributed by atoms with Gasteiger partial charge in [-0.15, -0.1) is 0 Å². The molecule has 0 radical (unpaired) electrons. The SMILES string of the molecule is Cc1ccc(S(=O)(=O)OCC[C@@H]2CN(C(=O)OC(C)(C)C)CCS2(=O)=O)cc1. The lowest BCUT2D eigenvalue weighted by atomic mass is 10.2. The van der Waals surface area contributed by atoms with E-state index in [1.807, 2.05) is 6.92 Å². The van der Waals surface area contributed by atoms with Gasteiger partial charge in [-0.05, 0) is 46.2 Å². The van der Waals surface area contributed by atoms with E-state index >= 15 is 0 Å². The van der Waals surface area contributed by atoms with Crippen molar-refractivity contribution in [3.05, 3.63) is 29.8 Å². The van der Waals surface area contributed by atoms with Crippen molar-refractivity contribution in [3.8, 4) is 0 Å². The van der Waals surface area contributed by atoms with Gasteiger partial charge < -0.3 is 9.64 Å². The Hall–Kier alpha value is -1.65. The molecule has 8 nitrogen and oxygen atoms in total. The molecule has 1 heterocycles. The van der Waals surface area contributed by atoms with E-state index in [-0.39, 0.29) is 36.8 Å². The quantitative estimate of drug-likeness (QED) is 0.655. The van der Waals surface area contributed by atoms with Crippen LogP contribution in [0.5, 0.6) is 0 Å². The molecule has 1 amide bonds. The monoisotopic (exact) mass is 433 g/mol. The first kappa shape index (κ1) is 22.6. The standard InChI is InChI=1S/C18H27NO7S2/c1-14-5-7-15(8-6-14)28(23,24)25-11-9-16-13-19(10-12-27(16,21)22)17(20)26-18(2,3)4/h5-8,16H,9-13H2,1-4H3/t16-/m1/s1. The summed E-state index contributed by atoms with van der Waals surface area (Å²) >= 11 is 0. The Morgan fingerprint density at radius 2 is 1.82 bits per heavy atom. The van der Waals surface area contributed by atoms with Crippen molar-refractivity contribution in [1.29, 1.82) is 0 Å². The molecule has 1 aliphatic heterocycles. The Morgan fingerprint density at radius 3 is 2.39 bits per heavy atom. The summed E-state index contributed by atoms with van der Waals surface area (Å²) in [5.41, 5.74) is 0.225. The molecule has 10 heteroatoms. The zero-order valence-corrected chi connectivity index (χ0v) is 18.2. The number of hydrogen-bond acceptors (Lipinski definition) is 7. The first-order valence-corrected chi connectivity index (χ1v) is 12.1. The summed E-state index contributed by atoms with van der Waals surface area (Å²) in [5, 5.41) is -0.901. The molecule has 0 N–H and O–H groups in total.